The zero-order valence-corrected chi connectivity index (χ0v) is 15.6. The monoisotopic (exact) mass is 397 g/mol. The molecule has 3 heterocycles. The van der Waals surface area contributed by atoms with Gasteiger partial charge < -0.3 is 0 Å². The molecule has 0 saturated heterocycles. The average Bonchev–Trinajstić information content (AvgIpc) is 3.38. The summed E-state index contributed by atoms with van der Waals surface area (Å²) in [7, 11) is 0. The summed E-state index contributed by atoms with van der Waals surface area (Å²) in [5.74, 6) is -0.915. The summed E-state index contributed by atoms with van der Waals surface area (Å²) in [5, 5.41) is 0. The molecule has 0 aliphatic heterocycles. The van der Waals surface area contributed by atoms with Crippen LogP contribution in [0.2, 0.25) is 0 Å². The Bertz CT molecular complexity index is 1300. The fraction of sp³-hybridized carbons (Fsp3) is 0. The second-order valence-corrected chi connectivity index (χ2v) is 6.50. The van der Waals surface area contributed by atoms with E-state index in [0.717, 1.165) is 22.1 Å². The highest BCUT2D eigenvalue weighted by Gasteiger charge is 2.14. The number of benzene rings is 2. The predicted molar refractivity (Wildman–Crippen MR) is 111 cm³/mol. The molecule has 0 saturated carbocycles. The molecule has 146 valence electrons. The highest BCUT2D eigenvalue weighted by atomic mass is 16.2. The zero-order chi connectivity index (χ0) is 20.5. The van der Waals surface area contributed by atoms with Gasteiger partial charge in [0, 0.05) is 0 Å². The molecular formula is C21H15N7O2. The Morgan fingerprint density at radius 2 is 1.10 bits per heavy atom. The Morgan fingerprint density at radius 1 is 0.633 bits per heavy atom. The van der Waals surface area contributed by atoms with E-state index in [4.69, 9.17) is 0 Å². The van der Waals surface area contributed by atoms with E-state index in [-0.39, 0.29) is 11.4 Å². The van der Waals surface area contributed by atoms with Crippen LogP contribution in [0.15, 0.2) is 79.4 Å². The number of nitrogens with zero attached hydrogens (tertiary/aromatic N) is 5. The topological polar surface area (TPSA) is 107 Å². The number of amides is 2. The van der Waals surface area contributed by atoms with Gasteiger partial charge in [0.25, 0.3) is 11.8 Å². The molecule has 9 heteroatoms. The molecule has 0 bridgehead atoms. The van der Waals surface area contributed by atoms with Crippen LogP contribution < -0.4 is 10.9 Å². The van der Waals surface area contributed by atoms with Crippen LogP contribution >= 0.6 is 0 Å². The van der Waals surface area contributed by atoms with Gasteiger partial charge in [0.05, 0.1) is 22.1 Å². The van der Waals surface area contributed by atoms with Crippen molar-refractivity contribution in [2.45, 2.75) is 0 Å². The third-order valence-electron chi connectivity index (χ3n) is 4.57. The predicted octanol–water partition coefficient (Wildman–Crippen LogP) is 2.55. The van der Waals surface area contributed by atoms with Gasteiger partial charge in [-0.15, -0.1) is 0 Å². The molecule has 30 heavy (non-hydrogen) atoms. The summed E-state index contributed by atoms with van der Waals surface area (Å²) in [6.07, 6.45) is 3.03. The summed E-state index contributed by atoms with van der Waals surface area (Å²) in [6, 6.07) is 19.5. The average molecular weight is 397 g/mol. The Labute approximate surface area is 169 Å². The molecule has 5 aromatic rings. The summed E-state index contributed by atoms with van der Waals surface area (Å²) < 4.78 is 3.04. The molecule has 9 nitrogen and oxygen atoms in total. The lowest BCUT2D eigenvalue weighted by Gasteiger charge is -2.09. The van der Waals surface area contributed by atoms with Crippen molar-refractivity contribution in [3.8, 4) is 0 Å². The van der Waals surface area contributed by atoms with E-state index in [1.54, 1.807) is 6.07 Å². The number of fused-ring (bicyclic) bond motifs is 2. The highest BCUT2D eigenvalue weighted by Crippen LogP contribution is 2.12. The van der Waals surface area contributed by atoms with Crippen LogP contribution in [0.25, 0.3) is 22.1 Å². The van der Waals surface area contributed by atoms with Crippen molar-refractivity contribution in [2.75, 3.05) is 10.9 Å². The van der Waals surface area contributed by atoms with Crippen molar-refractivity contribution in [1.82, 2.24) is 24.3 Å². The van der Waals surface area contributed by atoms with E-state index >= 15 is 0 Å². The van der Waals surface area contributed by atoms with Crippen molar-refractivity contribution >= 4 is 33.9 Å². The van der Waals surface area contributed by atoms with E-state index in [0.29, 0.717) is 0 Å². The summed E-state index contributed by atoms with van der Waals surface area (Å²) in [5.41, 5.74) is 8.68. The second kappa shape index (κ2) is 7.13. The largest absolute Gasteiger partial charge is 0.288 e. The van der Waals surface area contributed by atoms with Crippen molar-refractivity contribution in [1.29, 1.82) is 0 Å². The van der Waals surface area contributed by atoms with E-state index in [1.807, 2.05) is 48.5 Å². The summed E-state index contributed by atoms with van der Waals surface area (Å²) in [4.78, 5) is 38.0. The molecule has 0 aliphatic rings. The van der Waals surface area contributed by atoms with Crippen LogP contribution in [0, 0.1) is 0 Å². The molecule has 2 aromatic carbocycles. The van der Waals surface area contributed by atoms with Crippen LogP contribution in [-0.4, -0.2) is 36.1 Å². The minimum absolute atomic E-state index is 0.107. The van der Waals surface area contributed by atoms with Gasteiger partial charge in [0.15, 0.2) is 0 Å². The molecule has 5 rings (SSSR count). The SMILES string of the molecule is O=C(Nn1cnc2ccccc21)c1cccc(C(=O)Nn2cnc3ccccc32)n1. The van der Waals surface area contributed by atoms with Gasteiger partial charge in [-0.25, -0.2) is 24.3 Å². The van der Waals surface area contributed by atoms with Gasteiger partial charge in [-0.2, -0.15) is 0 Å². The maximum atomic E-state index is 12.7. The van der Waals surface area contributed by atoms with Gasteiger partial charge in [-0.1, -0.05) is 30.3 Å². The van der Waals surface area contributed by atoms with Crippen molar-refractivity contribution < 1.29 is 9.59 Å². The maximum absolute atomic E-state index is 12.7. The maximum Gasteiger partial charge on any atom is 0.288 e. The quantitative estimate of drug-likeness (QED) is 0.485. The molecule has 0 spiro atoms. The number of carbonyl (C=O) groups excluding carboxylic acids is 2. The smallest absolute Gasteiger partial charge is 0.266 e. The first-order chi connectivity index (χ1) is 14.7. The molecule has 2 N–H and O–H groups in total. The van der Waals surface area contributed by atoms with Gasteiger partial charge >= 0.3 is 0 Å². The lowest BCUT2D eigenvalue weighted by Crippen LogP contribution is -2.26. The minimum Gasteiger partial charge on any atom is -0.266 e. The molecule has 0 unspecified atom stereocenters. The van der Waals surface area contributed by atoms with Crippen molar-refractivity contribution in [3.63, 3.8) is 0 Å². The number of para-hydroxylation sites is 4. The third-order valence-corrected chi connectivity index (χ3v) is 4.57. The molecule has 2 amide bonds. The number of nitrogens with one attached hydrogen (secondary N) is 2. The van der Waals surface area contributed by atoms with Crippen LogP contribution in [-0.2, 0) is 0 Å². The molecule has 0 atom stereocenters. The van der Waals surface area contributed by atoms with Crippen LogP contribution in [0.3, 0.4) is 0 Å². The van der Waals surface area contributed by atoms with Gasteiger partial charge in [-0.05, 0) is 36.4 Å². The van der Waals surface area contributed by atoms with Crippen LogP contribution in [0.5, 0.6) is 0 Å². The molecule has 0 aliphatic carbocycles. The Hall–Kier alpha value is -4.53. The lowest BCUT2D eigenvalue weighted by atomic mass is 10.3. The van der Waals surface area contributed by atoms with E-state index in [9.17, 15) is 9.59 Å². The molecule has 0 radical (unpaired) electrons. The van der Waals surface area contributed by atoms with Gasteiger partial charge in [-0.3, -0.25) is 20.4 Å². The van der Waals surface area contributed by atoms with Crippen LogP contribution in [0.1, 0.15) is 21.0 Å². The zero-order valence-electron chi connectivity index (χ0n) is 15.6. The number of hydrogen-bond donors (Lipinski definition) is 2. The van der Waals surface area contributed by atoms with E-state index < -0.39 is 11.8 Å². The Kier molecular flexibility index (Phi) is 4.18. The van der Waals surface area contributed by atoms with Crippen LogP contribution in [0.4, 0.5) is 0 Å². The second-order valence-electron chi connectivity index (χ2n) is 6.50. The summed E-state index contributed by atoms with van der Waals surface area (Å²) >= 11 is 0. The Balaban J connectivity index is 1.37. The summed E-state index contributed by atoms with van der Waals surface area (Å²) in [6.45, 7) is 0. The molecular weight excluding hydrogens is 382 g/mol. The molecule has 3 aromatic heterocycles. The lowest BCUT2D eigenvalue weighted by molar-refractivity contribution is 0.1000. The number of hydrogen-bond acceptors (Lipinski definition) is 5. The van der Waals surface area contributed by atoms with Gasteiger partial charge in [0.1, 0.15) is 24.0 Å². The van der Waals surface area contributed by atoms with E-state index in [1.165, 1.54) is 34.1 Å². The fourth-order valence-corrected chi connectivity index (χ4v) is 3.12. The highest BCUT2D eigenvalue weighted by molar-refractivity contribution is 6.02. The molecule has 0 fully saturated rings. The minimum atomic E-state index is -0.458. The standard InChI is InChI=1S/C21H15N7O2/c29-20(25-27-12-22-14-6-1-3-10-18(14)27)16-8-5-9-17(24-16)21(30)26-28-13-23-15-7-2-4-11-19(15)28/h1-13H,(H,25,29)(H,26,30). The number of carbonyl (C=O) groups is 2. The first kappa shape index (κ1) is 17.6. The number of aromatic nitrogens is 5. The number of rotatable bonds is 4. The Morgan fingerprint density at radius 3 is 1.60 bits per heavy atom. The first-order valence-electron chi connectivity index (χ1n) is 9.13. The van der Waals surface area contributed by atoms with Gasteiger partial charge in [0.2, 0.25) is 0 Å². The van der Waals surface area contributed by atoms with E-state index in [2.05, 4.69) is 25.8 Å². The third kappa shape index (κ3) is 3.14. The fourth-order valence-electron chi connectivity index (χ4n) is 3.12. The number of pyridine rings is 1. The normalized spacial score (nSPS) is 10.9. The number of imidazole rings is 2. The van der Waals surface area contributed by atoms with Crippen molar-refractivity contribution in [2.24, 2.45) is 0 Å². The first-order valence-corrected chi connectivity index (χ1v) is 9.13. The van der Waals surface area contributed by atoms with Crippen molar-refractivity contribution in [3.05, 3.63) is 90.8 Å².